The quantitative estimate of drug-likeness (QED) is 0.784. The summed E-state index contributed by atoms with van der Waals surface area (Å²) in [5, 5.41) is 19.5. The number of hydrogen-bond donors (Lipinski definition) is 2. The fourth-order valence-electron chi connectivity index (χ4n) is 2.35. The van der Waals surface area contributed by atoms with Gasteiger partial charge in [-0.3, -0.25) is 4.79 Å². The molecule has 0 heterocycles. The Morgan fingerprint density at radius 3 is 2.21 bits per heavy atom. The van der Waals surface area contributed by atoms with Crippen molar-refractivity contribution >= 4 is 14.3 Å². The minimum absolute atomic E-state index is 0.0235. The van der Waals surface area contributed by atoms with E-state index in [0.717, 1.165) is 0 Å². The molecule has 19 heavy (non-hydrogen) atoms. The summed E-state index contributed by atoms with van der Waals surface area (Å²) < 4.78 is 6.23. The molecule has 1 aliphatic rings. The molecule has 0 bridgehead atoms. The molecule has 0 amide bonds. The second kappa shape index (κ2) is 5.54. The first-order valence-corrected chi connectivity index (χ1v) is 9.95. The maximum atomic E-state index is 11.2. The third-order valence-corrected chi connectivity index (χ3v) is 9.24. The van der Waals surface area contributed by atoms with Crippen molar-refractivity contribution in [1.29, 1.82) is 0 Å². The first-order valence-electron chi connectivity index (χ1n) is 7.04. The molecule has 0 aromatic carbocycles. The lowest BCUT2D eigenvalue weighted by Gasteiger charge is -2.44. The Labute approximate surface area is 117 Å². The Morgan fingerprint density at radius 1 is 1.26 bits per heavy atom. The van der Waals surface area contributed by atoms with Crippen LogP contribution in [0.15, 0.2) is 0 Å². The molecular weight excluding hydrogens is 260 g/mol. The number of hydrogen-bond acceptors (Lipinski definition) is 3. The lowest BCUT2D eigenvalue weighted by Crippen LogP contribution is -2.51. The minimum Gasteiger partial charge on any atom is -0.481 e. The number of aliphatic carboxylic acids is 1. The van der Waals surface area contributed by atoms with E-state index in [9.17, 15) is 15.0 Å². The lowest BCUT2D eigenvalue weighted by atomic mass is 9.79. The average molecular weight is 288 g/mol. The van der Waals surface area contributed by atoms with Crippen LogP contribution < -0.4 is 0 Å². The first-order chi connectivity index (χ1) is 8.45. The van der Waals surface area contributed by atoms with Crippen molar-refractivity contribution in [3.05, 3.63) is 0 Å². The van der Waals surface area contributed by atoms with Crippen molar-refractivity contribution in [2.45, 2.75) is 70.9 Å². The van der Waals surface area contributed by atoms with Gasteiger partial charge in [0.15, 0.2) is 8.32 Å². The molecule has 1 rings (SSSR count). The molecule has 0 unspecified atom stereocenters. The maximum Gasteiger partial charge on any atom is 0.306 e. The molecule has 2 N–H and O–H groups in total. The highest BCUT2D eigenvalue weighted by Gasteiger charge is 2.44. The molecular formula is C14H28O4Si. The Kier molecular flexibility index (Phi) is 4.86. The largest absolute Gasteiger partial charge is 0.481 e. The number of carbonyl (C=O) groups is 1. The van der Waals surface area contributed by atoms with Gasteiger partial charge in [0.2, 0.25) is 0 Å². The van der Waals surface area contributed by atoms with Crippen LogP contribution in [0.1, 0.15) is 40.5 Å². The molecule has 0 saturated heterocycles. The van der Waals surface area contributed by atoms with Gasteiger partial charge < -0.3 is 14.6 Å². The smallest absolute Gasteiger partial charge is 0.306 e. The van der Waals surface area contributed by atoms with E-state index in [0.29, 0.717) is 12.8 Å². The summed E-state index contributed by atoms with van der Waals surface area (Å²) in [5.74, 6) is -1.19. The fourth-order valence-corrected chi connectivity index (χ4v) is 3.69. The van der Waals surface area contributed by atoms with Crippen LogP contribution in [0.2, 0.25) is 18.1 Å². The van der Waals surface area contributed by atoms with E-state index in [-0.39, 0.29) is 17.1 Å². The van der Waals surface area contributed by atoms with E-state index in [4.69, 9.17) is 4.43 Å². The zero-order valence-corrected chi connectivity index (χ0v) is 13.9. The zero-order valence-electron chi connectivity index (χ0n) is 12.9. The Balaban J connectivity index is 2.83. The Morgan fingerprint density at radius 2 is 1.79 bits per heavy atom. The first kappa shape index (κ1) is 16.7. The number of aliphatic hydroxyl groups is 1. The highest BCUT2D eigenvalue weighted by molar-refractivity contribution is 6.74. The van der Waals surface area contributed by atoms with Crippen LogP contribution in [0.25, 0.3) is 0 Å². The molecule has 4 nitrogen and oxygen atoms in total. The molecule has 0 spiro atoms. The average Bonchev–Trinajstić information content (AvgIpc) is 2.22. The second-order valence-electron chi connectivity index (χ2n) is 7.39. The van der Waals surface area contributed by atoms with E-state index in [2.05, 4.69) is 33.9 Å². The van der Waals surface area contributed by atoms with Crippen molar-refractivity contribution in [3.8, 4) is 0 Å². The summed E-state index contributed by atoms with van der Waals surface area (Å²) in [6.45, 7) is 12.6. The molecule has 4 atom stereocenters. The fraction of sp³-hybridized carbons (Fsp3) is 0.929. The van der Waals surface area contributed by atoms with Crippen LogP contribution in [-0.2, 0) is 9.22 Å². The third-order valence-electron chi connectivity index (χ3n) is 4.74. The van der Waals surface area contributed by atoms with Gasteiger partial charge in [-0.25, -0.2) is 0 Å². The van der Waals surface area contributed by atoms with Gasteiger partial charge in [0.1, 0.15) is 0 Å². The van der Waals surface area contributed by atoms with Gasteiger partial charge in [-0.1, -0.05) is 27.7 Å². The van der Waals surface area contributed by atoms with E-state index in [1.165, 1.54) is 0 Å². The highest BCUT2D eigenvalue weighted by Crippen LogP contribution is 2.40. The van der Waals surface area contributed by atoms with Crippen molar-refractivity contribution < 1.29 is 19.4 Å². The highest BCUT2D eigenvalue weighted by atomic mass is 28.4. The third kappa shape index (κ3) is 3.80. The van der Waals surface area contributed by atoms with E-state index in [1.54, 1.807) is 0 Å². The van der Waals surface area contributed by atoms with Crippen LogP contribution in [0.5, 0.6) is 0 Å². The lowest BCUT2D eigenvalue weighted by molar-refractivity contribution is -0.148. The van der Waals surface area contributed by atoms with Gasteiger partial charge in [-0.15, -0.1) is 0 Å². The normalized spacial score (nSPS) is 33.2. The van der Waals surface area contributed by atoms with E-state index in [1.807, 2.05) is 6.92 Å². The summed E-state index contributed by atoms with van der Waals surface area (Å²) in [6.07, 6.45) is 0.0664. The van der Waals surface area contributed by atoms with Crippen LogP contribution >= 0.6 is 0 Å². The van der Waals surface area contributed by atoms with E-state index < -0.39 is 26.3 Å². The van der Waals surface area contributed by atoms with Gasteiger partial charge in [-0.05, 0) is 36.9 Å². The van der Waals surface area contributed by atoms with Crippen LogP contribution in [-0.4, -0.2) is 36.7 Å². The number of aliphatic hydroxyl groups excluding tert-OH is 1. The molecule has 0 radical (unpaired) electrons. The molecule has 0 aromatic heterocycles. The van der Waals surface area contributed by atoms with Crippen LogP contribution in [0, 0.1) is 11.8 Å². The Hall–Kier alpha value is -0.393. The Bertz CT molecular complexity index is 335. The van der Waals surface area contributed by atoms with E-state index >= 15 is 0 Å². The van der Waals surface area contributed by atoms with Crippen LogP contribution in [0.4, 0.5) is 0 Å². The minimum atomic E-state index is -1.98. The molecule has 5 heteroatoms. The summed E-state index contributed by atoms with van der Waals surface area (Å²) in [4.78, 5) is 11.2. The summed E-state index contributed by atoms with van der Waals surface area (Å²) in [7, 11) is -1.98. The second-order valence-corrected chi connectivity index (χ2v) is 12.1. The number of carboxylic acids is 1. The summed E-state index contributed by atoms with van der Waals surface area (Å²) in [5.41, 5.74) is 0. The standard InChI is InChI=1S/C14H28O4Si/c1-9-7-10(13(16)17)8-11(12(9)15)18-19(5,6)14(2,3)4/h9-12,15H,7-8H2,1-6H3,(H,16,17)/t9-,10+,11+,12+/m1/s1. The van der Waals surface area contributed by atoms with Gasteiger partial charge in [0.05, 0.1) is 18.1 Å². The van der Waals surface area contributed by atoms with Gasteiger partial charge >= 0.3 is 5.97 Å². The molecule has 1 aliphatic carbocycles. The van der Waals surface area contributed by atoms with Crippen molar-refractivity contribution in [3.63, 3.8) is 0 Å². The van der Waals surface area contributed by atoms with Crippen molar-refractivity contribution in [2.75, 3.05) is 0 Å². The number of carboxylic acid groups (broad SMARTS) is 1. The van der Waals surface area contributed by atoms with Crippen molar-refractivity contribution in [1.82, 2.24) is 0 Å². The summed E-state index contributed by atoms with van der Waals surface area (Å²) >= 11 is 0. The van der Waals surface area contributed by atoms with Gasteiger partial charge in [0, 0.05) is 0 Å². The number of rotatable bonds is 3. The molecule has 0 aliphatic heterocycles. The summed E-state index contributed by atoms with van der Waals surface area (Å²) in [6, 6.07) is 0. The topological polar surface area (TPSA) is 66.8 Å². The predicted octanol–water partition coefficient (Wildman–Crippen LogP) is 2.87. The van der Waals surface area contributed by atoms with Gasteiger partial charge in [-0.2, -0.15) is 0 Å². The SMILES string of the molecule is C[C@@H]1C[C@H](C(=O)O)C[C@H](O[Si](C)(C)C(C)(C)C)[C@H]1O. The predicted molar refractivity (Wildman–Crippen MR) is 77.6 cm³/mol. The van der Waals surface area contributed by atoms with Crippen LogP contribution in [0.3, 0.4) is 0 Å². The maximum absolute atomic E-state index is 11.2. The van der Waals surface area contributed by atoms with Crippen molar-refractivity contribution in [2.24, 2.45) is 11.8 Å². The zero-order chi connectivity index (χ0) is 15.0. The van der Waals surface area contributed by atoms with Gasteiger partial charge in [0.25, 0.3) is 0 Å². The molecule has 112 valence electrons. The molecule has 1 saturated carbocycles. The monoisotopic (exact) mass is 288 g/mol. The molecule has 0 aromatic rings. The molecule has 1 fully saturated rings.